The standard InChI is InChI=1S/C9H17N3/c1-8-7-12(6-4-10)5-3-9(8)11-2/h3,5,11H,4,6-7,10H2,1-2H3. The maximum absolute atomic E-state index is 5.46. The molecule has 0 aromatic heterocycles. The fourth-order valence-electron chi connectivity index (χ4n) is 1.38. The van der Waals surface area contributed by atoms with E-state index in [0.717, 1.165) is 13.1 Å². The molecule has 1 heterocycles. The van der Waals surface area contributed by atoms with Gasteiger partial charge in [0.25, 0.3) is 0 Å². The Balaban J connectivity index is 2.55. The Morgan fingerprint density at radius 2 is 2.42 bits per heavy atom. The van der Waals surface area contributed by atoms with E-state index in [-0.39, 0.29) is 0 Å². The molecule has 0 aromatic carbocycles. The summed E-state index contributed by atoms with van der Waals surface area (Å²) in [4.78, 5) is 2.22. The van der Waals surface area contributed by atoms with E-state index in [1.165, 1.54) is 11.3 Å². The van der Waals surface area contributed by atoms with Crippen molar-refractivity contribution in [3.05, 3.63) is 23.5 Å². The van der Waals surface area contributed by atoms with Gasteiger partial charge in [-0.15, -0.1) is 0 Å². The fraction of sp³-hybridized carbons (Fsp3) is 0.556. The molecular formula is C9H17N3. The van der Waals surface area contributed by atoms with Crippen LogP contribution >= 0.6 is 0 Å². The van der Waals surface area contributed by atoms with Gasteiger partial charge in [-0.25, -0.2) is 0 Å². The minimum Gasteiger partial charge on any atom is -0.388 e. The number of allylic oxidation sites excluding steroid dienone is 1. The smallest absolute Gasteiger partial charge is 0.0404 e. The monoisotopic (exact) mass is 167 g/mol. The molecule has 0 amide bonds. The first kappa shape index (κ1) is 9.13. The number of nitrogens with two attached hydrogens (primary N) is 1. The molecule has 0 radical (unpaired) electrons. The molecule has 3 N–H and O–H groups in total. The number of nitrogens with one attached hydrogen (secondary N) is 1. The Morgan fingerprint density at radius 3 is 2.92 bits per heavy atom. The second-order valence-electron chi connectivity index (χ2n) is 3.02. The van der Waals surface area contributed by atoms with E-state index in [0.29, 0.717) is 6.54 Å². The first-order chi connectivity index (χ1) is 5.77. The van der Waals surface area contributed by atoms with Crippen molar-refractivity contribution in [3.63, 3.8) is 0 Å². The van der Waals surface area contributed by atoms with Crippen LogP contribution in [0.25, 0.3) is 0 Å². The van der Waals surface area contributed by atoms with Crippen LogP contribution in [0.15, 0.2) is 23.5 Å². The van der Waals surface area contributed by atoms with Crippen LogP contribution < -0.4 is 11.1 Å². The van der Waals surface area contributed by atoms with Crippen LogP contribution in [0.1, 0.15) is 6.92 Å². The van der Waals surface area contributed by atoms with Crippen LogP contribution in [0.3, 0.4) is 0 Å². The van der Waals surface area contributed by atoms with Gasteiger partial charge in [0, 0.05) is 38.6 Å². The predicted molar refractivity (Wildman–Crippen MR) is 51.5 cm³/mol. The highest BCUT2D eigenvalue weighted by Gasteiger charge is 2.07. The third-order valence-corrected chi connectivity index (χ3v) is 2.04. The molecule has 1 aliphatic heterocycles. The van der Waals surface area contributed by atoms with Crippen LogP contribution in [-0.2, 0) is 0 Å². The Labute approximate surface area is 73.9 Å². The van der Waals surface area contributed by atoms with E-state index in [1.54, 1.807) is 0 Å². The number of likely N-dealkylation sites (N-methyl/N-ethyl adjacent to an activating group) is 1. The molecule has 1 aliphatic rings. The van der Waals surface area contributed by atoms with Crippen molar-refractivity contribution in [3.8, 4) is 0 Å². The molecule has 0 aliphatic carbocycles. The van der Waals surface area contributed by atoms with Gasteiger partial charge in [0.2, 0.25) is 0 Å². The molecule has 0 fully saturated rings. The van der Waals surface area contributed by atoms with E-state index in [2.05, 4.69) is 29.4 Å². The van der Waals surface area contributed by atoms with Crippen LogP contribution in [0, 0.1) is 0 Å². The molecule has 0 saturated heterocycles. The third kappa shape index (κ3) is 2.01. The third-order valence-electron chi connectivity index (χ3n) is 2.04. The molecule has 0 atom stereocenters. The fourth-order valence-corrected chi connectivity index (χ4v) is 1.38. The van der Waals surface area contributed by atoms with Gasteiger partial charge in [0.15, 0.2) is 0 Å². The number of hydrogen-bond acceptors (Lipinski definition) is 3. The summed E-state index contributed by atoms with van der Waals surface area (Å²) in [5.74, 6) is 0. The van der Waals surface area contributed by atoms with Gasteiger partial charge in [-0.1, -0.05) is 0 Å². The molecule has 0 bridgehead atoms. The van der Waals surface area contributed by atoms with Gasteiger partial charge in [-0.05, 0) is 18.6 Å². The molecule has 0 aromatic rings. The summed E-state index contributed by atoms with van der Waals surface area (Å²) in [5.41, 5.74) is 8.06. The van der Waals surface area contributed by atoms with Gasteiger partial charge in [0.1, 0.15) is 0 Å². The van der Waals surface area contributed by atoms with Crippen molar-refractivity contribution >= 4 is 0 Å². The highest BCUT2D eigenvalue weighted by atomic mass is 15.1. The zero-order valence-corrected chi connectivity index (χ0v) is 7.80. The summed E-state index contributed by atoms with van der Waals surface area (Å²) in [7, 11) is 1.95. The lowest BCUT2D eigenvalue weighted by molar-refractivity contribution is 0.408. The predicted octanol–water partition coefficient (Wildman–Crippen LogP) is 0.268. The molecule has 0 spiro atoms. The lowest BCUT2D eigenvalue weighted by atomic mass is 10.1. The molecule has 0 saturated carbocycles. The molecule has 68 valence electrons. The topological polar surface area (TPSA) is 41.3 Å². The molecule has 3 heteroatoms. The van der Waals surface area contributed by atoms with E-state index < -0.39 is 0 Å². The maximum Gasteiger partial charge on any atom is 0.0404 e. The van der Waals surface area contributed by atoms with Crippen molar-refractivity contribution < 1.29 is 0 Å². The minimum atomic E-state index is 0.715. The zero-order chi connectivity index (χ0) is 8.97. The van der Waals surface area contributed by atoms with Crippen molar-refractivity contribution in [2.75, 3.05) is 26.7 Å². The first-order valence-electron chi connectivity index (χ1n) is 4.27. The molecular weight excluding hydrogens is 150 g/mol. The SMILES string of the molecule is CNC1=C(C)CN(CCN)C=C1. The van der Waals surface area contributed by atoms with Gasteiger partial charge >= 0.3 is 0 Å². The Bertz CT molecular complexity index is 206. The van der Waals surface area contributed by atoms with Crippen LogP contribution in [0.5, 0.6) is 0 Å². The normalized spacial score (nSPS) is 17.1. The average Bonchev–Trinajstić information content (AvgIpc) is 2.05. The van der Waals surface area contributed by atoms with Crippen LogP contribution in [0.4, 0.5) is 0 Å². The van der Waals surface area contributed by atoms with E-state index >= 15 is 0 Å². The Hall–Kier alpha value is -0.960. The maximum atomic E-state index is 5.46. The Kier molecular flexibility index (Phi) is 3.17. The van der Waals surface area contributed by atoms with E-state index in [1.807, 2.05) is 7.05 Å². The molecule has 12 heavy (non-hydrogen) atoms. The Morgan fingerprint density at radius 1 is 1.67 bits per heavy atom. The van der Waals surface area contributed by atoms with Gasteiger partial charge in [-0.2, -0.15) is 0 Å². The minimum absolute atomic E-state index is 0.715. The van der Waals surface area contributed by atoms with E-state index in [4.69, 9.17) is 5.73 Å². The summed E-state index contributed by atoms with van der Waals surface area (Å²) < 4.78 is 0. The summed E-state index contributed by atoms with van der Waals surface area (Å²) in [6, 6.07) is 0. The lowest BCUT2D eigenvalue weighted by Crippen LogP contribution is -2.29. The van der Waals surface area contributed by atoms with Crippen LogP contribution in [0.2, 0.25) is 0 Å². The van der Waals surface area contributed by atoms with Gasteiger partial charge < -0.3 is 16.0 Å². The molecule has 3 nitrogen and oxygen atoms in total. The molecule has 1 rings (SSSR count). The van der Waals surface area contributed by atoms with Crippen molar-refractivity contribution in [2.45, 2.75) is 6.92 Å². The second-order valence-corrected chi connectivity index (χ2v) is 3.02. The van der Waals surface area contributed by atoms with Crippen LogP contribution in [-0.4, -0.2) is 31.6 Å². The number of rotatable bonds is 3. The van der Waals surface area contributed by atoms with E-state index in [9.17, 15) is 0 Å². The van der Waals surface area contributed by atoms with Crippen molar-refractivity contribution in [2.24, 2.45) is 5.73 Å². The number of nitrogens with zero attached hydrogens (tertiary/aromatic N) is 1. The highest BCUT2D eigenvalue weighted by Crippen LogP contribution is 2.10. The zero-order valence-electron chi connectivity index (χ0n) is 7.80. The highest BCUT2D eigenvalue weighted by molar-refractivity contribution is 5.27. The number of hydrogen-bond donors (Lipinski definition) is 2. The van der Waals surface area contributed by atoms with Crippen molar-refractivity contribution in [1.82, 2.24) is 10.2 Å². The summed E-state index contributed by atoms with van der Waals surface area (Å²) >= 11 is 0. The summed E-state index contributed by atoms with van der Waals surface area (Å²) in [6.45, 7) is 4.78. The first-order valence-corrected chi connectivity index (χ1v) is 4.27. The largest absolute Gasteiger partial charge is 0.388 e. The summed E-state index contributed by atoms with van der Waals surface area (Å²) in [5, 5.41) is 3.15. The lowest BCUT2D eigenvalue weighted by Gasteiger charge is -2.25. The average molecular weight is 167 g/mol. The molecule has 0 unspecified atom stereocenters. The second kappa shape index (κ2) is 4.16. The van der Waals surface area contributed by atoms with Crippen molar-refractivity contribution in [1.29, 1.82) is 0 Å². The summed E-state index contributed by atoms with van der Waals surface area (Å²) in [6.07, 6.45) is 4.18. The van der Waals surface area contributed by atoms with Gasteiger partial charge in [-0.3, -0.25) is 0 Å². The quantitative estimate of drug-likeness (QED) is 0.634. The van der Waals surface area contributed by atoms with Gasteiger partial charge in [0.05, 0.1) is 0 Å².